The maximum atomic E-state index is 14.3. The van der Waals surface area contributed by atoms with Crippen molar-refractivity contribution < 1.29 is 88.5 Å². The third-order valence-corrected chi connectivity index (χ3v) is 7.73. The van der Waals surface area contributed by atoms with Crippen LogP contribution in [0.1, 0.15) is 0 Å². The quantitative estimate of drug-likeness (QED) is 0.117. The van der Waals surface area contributed by atoms with Gasteiger partial charge in [0.1, 0.15) is 0 Å². The monoisotopic (exact) mass is 818 g/mol. The second-order valence-electron chi connectivity index (χ2n) is 11.4. The Labute approximate surface area is 293 Å². The van der Waals surface area contributed by atoms with Gasteiger partial charge < -0.3 is 14.0 Å². The lowest BCUT2D eigenvalue weighted by atomic mass is 10.0. The molecule has 6 nitrogen and oxygen atoms in total. The maximum Gasteiger partial charge on any atom is 0.460 e. The molecule has 0 atom stereocenters. The summed E-state index contributed by atoms with van der Waals surface area (Å²) in [6.07, 6.45) is -14.5. The van der Waals surface area contributed by atoms with Gasteiger partial charge in [-0.15, -0.1) is 4.98 Å². The minimum Gasteiger partial charge on any atom is -0.457 e. The van der Waals surface area contributed by atoms with E-state index in [1.54, 1.807) is 59.2 Å². The average Bonchev–Trinajstić information content (AvgIpc) is 3.42. The second-order valence-corrected chi connectivity index (χ2v) is 11.4. The normalized spacial score (nSPS) is 14.1. The van der Waals surface area contributed by atoms with Gasteiger partial charge in [0.05, 0.1) is 11.0 Å². The van der Waals surface area contributed by atoms with Crippen LogP contribution in [0.4, 0.5) is 79.0 Å². The number of hydrogen-bond donors (Lipinski definition) is 0. The summed E-state index contributed by atoms with van der Waals surface area (Å²) < 4.78 is 251. The largest absolute Gasteiger partial charge is 0.460 e. The van der Waals surface area contributed by atoms with Gasteiger partial charge in [0.2, 0.25) is 0 Å². The van der Waals surface area contributed by atoms with Gasteiger partial charge in [-0.25, -0.2) is 0 Å². The molecule has 0 aliphatic carbocycles. The Balaban J connectivity index is 1.61. The van der Waals surface area contributed by atoms with E-state index in [1.165, 1.54) is 12.1 Å². The molecule has 0 amide bonds. The van der Waals surface area contributed by atoms with Crippen molar-refractivity contribution in [3.8, 4) is 29.1 Å². The average molecular weight is 818 g/mol. The molecule has 2 heterocycles. The fourth-order valence-electron chi connectivity index (χ4n) is 4.87. The zero-order valence-electron chi connectivity index (χ0n) is 26.3. The van der Waals surface area contributed by atoms with Gasteiger partial charge in [0.25, 0.3) is 0 Å². The molecular formula is C31H16F18N4O2. The summed E-state index contributed by atoms with van der Waals surface area (Å²) >= 11 is 0. The van der Waals surface area contributed by atoms with Gasteiger partial charge in [-0.3, -0.25) is 0 Å². The van der Waals surface area contributed by atoms with E-state index < -0.39 is 78.9 Å². The Morgan fingerprint density at radius 1 is 0.455 bits per heavy atom. The number of ether oxygens (including phenoxy) is 2. The minimum absolute atomic E-state index is 0.261. The van der Waals surface area contributed by atoms with Crippen molar-refractivity contribution in [3.05, 3.63) is 72.8 Å². The summed E-state index contributed by atoms with van der Waals surface area (Å²) in [5, 5.41) is 1.08. The zero-order valence-corrected chi connectivity index (χ0v) is 26.3. The number of hydrogen-bond acceptors (Lipinski definition) is 5. The van der Waals surface area contributed by atoms with Crippen molar-refractivity contribution in [2.45, 2.75) is 47.9 Å². The Kier molecular flexibility index (Phi) is 9.86. The van der Waals surface area contributed by atoms with Gasteiger partial charge in [0, 0.05) is 22.0 Å². The molecule has 2 aromatic heterocycles. The number of alkyl halides is 18. The highest BCUT2D eigenvalue weighted by Crippen LogP contribution is 2.54. The van der Waals surface area contributed by atoms with Crippen molar-refractivity contribution >= 4 is 21.8 Å². The molecule has 24 heteroatoms. The SMILES string of the molecule is FC(F)(F)C(F)(F)C(F)(F)C(F)(F)COc1nc(OCC(F)(F)C(F)(F)C(F)(F)C(F)(F)F)nc(-c2ccc3c4ccccc4n(-c4ccccc4)c3c2)n1. The molecule has 0 saturated carbocycles. The molecule has 0 spiro atoms. The van der Waals surface area contributed by atoms with Crippen LogP contribution in [-0.4, -0.2) is 80.6 Å². The number of nitrogens with zero attached hydrogens (tertiary/aromatic N) is 4. The van der Waals surface area contributed by atoms with Crippen LogP contribution in [0.2, 0.25) is 0 Å². The predicted molar refractivity (Wildman–Crippen MR) is 152 cm³/mol. The summed E-state index contributed by atoms with van der Waals surface area (Å²) in [7, 11) is 0. The number of benzene rings is 3. The van der Waals surface area contributed by atoms with E-state index in [2.05, 4.69) is 24.4 Å². The van der Waals surface area contributed by atoms with Crippen LogP contribution in [0, 0.1) is 0 Å². The van der Waals surface area contributed by atoms with E-state index in [-0.39, 0.29) is 11.1 Å². The van der Waals surface area contributed by atoms with Crippen molar-refractivity contribution in [3.63, 3.8) is 0 Å². The standard InChI is InChI=1S/C31H16F18N4O2/c32-24(33,26(36,37)28(40,41)30(44,45)46)13-54-22-50-21(51-23(52-22)55-14-25(34,35)27(38,39)29(42,43)31(47,48)49)15-10-11-18-17-8-4-5-9-19(17)53(20(18)12-15)16-6-2-1-3-7-16/h1-12H,13-14H2. The third-order valence-electron chi connectivity index (χ3n) is 7.73. The molecule has 0 aliphatic rings. The summed E-state index contributed by atoms with van der Waals surface area (Å²) in [5.74, 6) is -43.1. The highest BCUT2D eigenvalue weighted by Gasteiger charge is 2.83. The molecule has 5 aromatic rings. The smallest absolute Gasteiger partial charge is 0.457 e. The van der Waals surface area contributed by atoms with Crippen LogP contribution in [0.15, 0.2) is 72.8 Å². The summed E-state index contributed by atoms with van der Waals surface area (Å²) in [6.45, 7) is -6.25. The highest BCUT2D eigenvalue weighted by molar-refractivity contribution is 6.10. The molecule has 0 saturated heterocycles. The number of rotatable bonds is 12. The molecule has 0 radical (unpaired) electrons. The molecule has 55 heavy (non-hydrogen) atoms. The first kappa shape index (κ1) is 41.0. The third kappa shape index (κ3) is 6.87. The lowest BCUT2D eigenvalue weighted by Gasteiger charge is -2.33. The number of halogens is 18. The van der Waals surface area contributed by atoms with Crippen LogP contribution >= 0.6 is 0 Å². The molecule has 298 valence electrons. The first-order chi connectivity index (χ1) is 25.1. The fraction of sp³-hybridized carbons (Fsp3) is 0.323. The van der Waals surface area contributed by atoms with Gasteiger partial charge in [-0.2, -0.15) is 89.0 Å². The van der Waals surface area contributed by atoms with Crippen molar-refractivity contribution in [1.82, 2.24) is 19.5 Å². The molecular weight excluding hydrogens is 802 g/mol. The summed E-state index contributed by atoms with van der Waals surface area (Å²) in [4.78, 5) is 9.67. The molecule has 0 bridgehead atoms. The molecule has 0 N–H and O–H groups in total. The fourth-order valence-corrected chi connectivity index (χ4v) is 4.87. The van der Waals surface area contributed by atoms with Crippen molar-refractivity contribution in [1.29, 1.82) is 0 Å². The van der Waals surface area contributed by atoms with Crippen LogP contribution in [0.25, 0.3) is 38.9 Å². The minimum atomic E-state index is -7.38. The lowest BCUT2D eigenvalue weighted by Crippen LogP contribution is -2.62. The van der Waals surface area contributed by atoms with Crippen molar-refractivity contribution in [2.75, 3.05) is 13.2 Å². The zero-order chi connectivity index (χ0) is 41.2. The Hall–Kier alpha value is -5.19. The van der Waals surface area contributed by atoms with E-state index in [0.717, 1.165) is 6.07 Å². The molecule has 3 aromatic carbocycles. The highest BCUT2D eigenvalue weighted by atomic mass is 19.4. The summed E-state index contributed by atoms with van der Waals surface area (Å²) in [6, 6.07) is 14.8. The van der Waals surface area contributed by atoms with E-state index in [9.17, 15) is 79.0 Å². The Morgan fingerprint density at radius 2 is 0.891 bits per heavy atom. The first-order valence-electron chi connectivity index (χ1n) is 14.6. The number of fused-ring (bicyclic) bond motifs is 3. The molecule has 0 unspecified atom stereocenters. The van der Waals surface area contributed by atoms with Crippen LogP contribution in [0.5, 0.6) is 12.0 Å². The first-order valence-corrected chi connectivity index (χ1v) is 14.6. The van der Waals surface area contributed by atoms with E-state index in [4.69, 9.17) is 0 Å². The maximum absolute atomic E-state index is 14.3. The van der Waals surface area contributed by atoms with Gasteiger partial charge in [-0.05, 0) is 24.3 Å². The Morgan fingerprint density at radius 3 is 1.36 bits per heavy atom. The van der Waals surface area contributed by atoms with Crippen LogP contribution in [0.3, 0.4) is 0 Å². The molecule has 0 fully saturated rings. The van der Waals surface area contributed by atoms with Gasteiger partial charge in [-0.1, -0.05) is 48.5 Å². The van der Waals surface area contributed by atoms with Crippen LogP contribution < -0.4 is 9.47 Å². The summed E-state index contributed by atoms with van der Waals surface area (Å²) in [5.41, 5.74) is 0.983. The number of para-hydroxylation sites is 2. The lowest BCUT2D eigenvalue weighted by molar-refractivity contribution is -0.398. The van der Waals surface area contributed by atoms with E-state index in [0.29, 0.717) is 22.0 Å². The van der Waals surface area contributed by atoms with Crippen molar-refractivity contribution in [2.24, 2.45) is 0 Å². The van der Waals surface area contributed by atoms with Crippen LogP contribution in [-0.2, 0) is 0 Å². The number of aromatic nitrogens is 4. The second kappa shape index (κ2) is 13.2. The van der Waals surface area contributed by atoms with Gasteiger partial charge in [0.15, 0.2) is 19.0 Å². The van der Waals surface area contributed by atoms with E-state index in [1.807, 2.05) is 0 Å². The molecule has 0 aliphatic heterocycles. The van der Waals surface area contributed by atoms with E-state index >= 15 is 0 Å². The molecule has 5 rings (SSSR count). The predicted octanol–water partition coefficient (Wildman–Crippen LogP) is 10.3. The topological polar surface area (TPSA) is 62.1 Å². The Bertz CT molecular complexity index is 2110. The van der Waals surface area contributed by atoms with Gasteiger partial charge >= 0.3 is 59.9 Å².